The van der Waals surface area contributed by atoms with Gasteiger partial charge in [-0.25, -0.2) is 9.97 Å². The topological polar surface area (TPSA) is 65.1 Å². The number of thiophene rings is 1. The molecule has 1 fully saturated rings. The van der Waals surface area contributed by atoms with Gasteiger partial charge in [0.15, 0.2) is 0 Å². The number of aromatic amines is 1. The predicted octanol–water partition coefficient (Wildman–Crippen LogP) is 1.98. The number of piperazine rings is 1. The third-order valence-corrected chi connectivity index (χ3v) is 4.74. The summed E-state index contributed by atoms with van der Waals surface area (Å²) in [5, 5.41) is 2.02. The number of fused-ring (bicyclic) bond motifs is 1. The number of anilines is 1. The number of nitrogens with one attached hydrogen (secondary N) is 1. The van der Waals surface area contributed by atoms with Gasteiger partial charge in [-0.05, 0) is 23.6 Å². The molecule has 1 aliphatic heterocycles. The number of carbonyl (C=O) groups excluding carboxylic acids is 1. The van der Waals surface area contributed by atoms with Crippen LogP contribution in [0.3, 0.4) is 0 Å². The third-order valence-electron chi connectivity index (χ3n) is 3.87. The second-order valence-electron chi connectivity index (χ2n) is 5.21. The average Bonchev–Trinajstić information content (AvgIpc) is 3.17. The summed E-state index contributed by atoms with van der Waals surface area (Å²) in [7, 11) is 0. The Balaban J connectivity index is 1.45. The molecule has 1 saturated heterocycles. The summed E-state index contributed by atoms with van der Waals surface area (Å²) in [6.45, 7) is 2.88. The van der Waals surface area contributed by atoms with Crippen LogP contribution >= 0.6 is 11.3 Å². The highest BCUT2D eigenvalue weighted by Gasteiger charge is 2.24. The maximum atomic E-state index is 12.6. The van der Waals surface area contributed by atoms with Crippen molar-refractivity contribution in [2.75, 3.05) is 31.1 Å². The molecule has 0 saturated carbocycles. The number of carbonyl (C=O) groups is 1. The first kappa shape index (κ1) is 13.3. The fourth-order valence-electron chi connectivity index (χ4n) is 2.70. The van der Waals surface area contributed by atoms with Crippen molar-refractivity contribution < 1.29 is 4.79 Å². The zero-order valence-electron chi connectivity index (χ0n) is 11.9. The molecular weight excluding hydrogens is 298 g/mol. The molecule has 1 N–H and O–H groups in total. The molecule has 4 heterocycles. The predicted molar refractivity (Wildman–Crippen MR) is 86.3 cm³/mol. The van der Waals surface area contributed by atoms with Crippen LogP contribution in [-0.2, 0) is 0 Å². The Morgan fingerprint density at radius 1 is 1.18 bits per heavy atom. The highest BCUT2D eigenvalue weighted by molar-refractivity contribution is 7.17. The van der Waals surface area contributed by atoms with Gasteiger partial charge in [-0.15, -0.1) is 11.3 Å². The number of aromatic nitrogens is 3. The van der Waals surface area contributed by atoms with Crippen molar-refractivity contribution in [3.63, 3.8) is 0 Å². The van der Waals surface area contributed by atoms with E-state index in [4.69, 9.17) is 0 Å². The SMILES string of the molecule is O=C(c1cc2sccc2[nH]1)N1CCN(c2ncccn2)CC1. The van der Waals surface area contributed by atoms with E-state index in [1.54, 1.807) is 29.8 Å². The second kappa shape index (κ2) is 5.42. The largest absolute Gasteiger partial charge is 0.350 e. The molecule has 3 aromatic rings. The molecule has 6 nitrogen and oxygen atoms in total. The Kier molecular flexibility index (Phi) is 3.27. The van der Waals surface area contributed by atoms with Gasteiger partial charge in [0.2, 0.25) is 5.95 Å². The summed E-state index contributed by atoms with van der Waals surface area (Å²) in [5.41, 5.74) is 1.70. The summed E-state index contributed by atoms with van der Waals surface area (Å²) < 4.78 is 1.12. The van der Waals surface area contributed by atoms with Crippen LogP contribution in [0.15, 0.2) is 36.0 Å². The molecule has 0 radical (unpaired) electrons. The van der Waals surface area contributed by atoms with Crippen molar-refractivity contribution >= 4 is 33.4 Å². The van der Waals surface area contributed by atoms with E-state index in [1.807, 2.05) is 22.4 Å². The van der Waals surface area contributed by atoms with E-state index in [-0.39, 0.29) is 5.91 Å². The molecule has 4 rings (SSSR count). The van der Waals surface area contributed by atoms with E-state index in [0.29, 0.717) is 18.8 Å². The van der Waals surface area contributed by atoms with Gasteiger partial charge in [0.05, 0.1) is 10.2 Å². The molecule has 0 atom stereocenters. The van der Waals surface area contributed by atoms with E-state index in [0.717, 1.165) is 29.3 Å². The molecule has 0 spiro atoms. The zero-order chi connectivity index (χ0) is 14.9. The first-order valence-electron chi connectivity index (χ1n) is 7.19. The second-order valence-corrected chi connectivity index (χ2v) is 6.16. The van der Waals surface area contributed by atoms with Crippen LogP contribution in [0.2, 0.25) is 0 Å². The molecule has 22 heavy (non-hydrogen) atoms. The first-order chi connectivity index (χ1) is 10.8. The van der Waals surface area contributed by atoms with Crippen LogP contribution in [0.4, 0.5) is 5.95 Å². The van der Waals surface area contributed by atoms with Crippen LogP contribution in [0, 0.1) is 0 Å². The standard InChI is InChI=1S/C15H15N5OS/c21-14(12-10-13-11(18-12)2-9-22-13)19-5-7-20(8-6-19)15-16-3-1-4-17-15/h1-4,9-10,18H,5-8H2. The number of rotatable bonds is 2. The Morgan fingerprint density at radius 2 is 1.95 bits per heavy atom. The molecule has 1 aliphatic rings. The number of H-pyrrole nitrogens is 1. The van der Waals surface area contributed by atoms with Gasteiger partial charge < -0.3 is 14.8 Å². The van der Waals surface area contributed by atoms with Crippen LogP contribution in [-0.4, -0.2) is 51.9 Å². The van der Waals surface area contributed by atoms with Crippen LogP contribution in [0.1, 0.15) is 10.5 Å². The molecule has 0 aliphatic carbocycles. The Bertz CT molecular complexity index is 760. The Labute approximate surface area is 131 Å². The van der Waals surface area contributed by atoms with Crippen molar-refractivity contribution in [2.45, 2.75) is 0 Å². The van der Waals surface area contributed by atoms with E-state index >= 15 is 0 Å². The lowest BCUT2D eigenvalue weighted by Gasteiger charge is -2.34. The lowest BCUT2D eigenvalue weighted by Crippen LogP contribution is -2.49. The molecular formula is C15H15N5OS. The Morgan fingerprint density at radius 3 is 2.68 bits per heavy atom. The molecule has 0 bridgehead atoms. The van der Waals surface area contributed by atoms with Gasteiger partial charge >= 0.3 is 0 Å². The molecule has 0 unspecified atom stereocenters. The minimum Gasteiger partial charge on any atom is -0.350 e. The van der Waals surface area contributed by atoms with Crippen LogP contribution in [0.5, 0.6) is 0 Å². The fourth-order valence-corrected chi connectivity index (χ4v) is 3.48. The average molecular weight is 313 g/mol. The molecule has 0 aromatic carbocycles. The third kappa shape index (κ3) is 2.33. The summed E-state index contributed by atoms with van der Waals surface area (Å²) >= 11 is 1.64. The molecule has 3 aromatic heterocycles. The quantitative estimate of drug-likeness (QED) is 0.786. The van der Waals surface area contributed by atoms with Crippen molar-refractivity contribution in [1.29, 1.82) is 0 Å². The van der Waals surface area contributed by atoms with Crippen LogP contribution in [0.25, 0.3) is 10.2 Å². The van der Waals surface area contributed by atoms with Crippen molar-refractivity contribution in [3.8, 4) is 0 Å². The van der Waals surface area contributed by atoms with Crippen molar-refractivity contribution in [1.82, 2.24) is 19.9 Å². The van der Waals surface area contributed by atoms with Gasteiger partial charge in [0, 0.05) is 38.6 Å². The lowest BCUT2D eigenvalue weighted by atomic mass is 10.3. The molecule has 1 amide bonds. The summed E-state index contributed by atoms with van der Waals surface area (Å²) in [6.07, 6.45) is 3.48. The highest BCUT2D eigenvalue weighted by atomic mass is 32.1. The smallest absolute Gasteiger partial charge is 0.270 e. The molecule has 112 valence electrons. The number of hydrogen-bond acceptors (Lipinski definition) is 5. The maximum Gasteiger partial charge on any atom is 0.270 e. The lowest BCUT2D eigenvalue weighted by molar-refractivity contribution is 0.0741. The monoisotopic (exact) mass is 313 g/mol. The summed E-state index contributed by atoms with van der Waals surface area (Å²) in [4.78, 5) is 28.3. The number of hydrogen-bond donors (Lipinski definition) is 1. The minimum atomic E-state index is 0.0667. The van der Waals surface area contributed by atoms with E-state index < -0.39 is 0 Å². The Hall–Kier alpha value is -2.41. The molecule has 7 heteroatoms. The summed E-state index contributed by atoms with van der Waals surface area (Å²) in [6, 6.07) is 5.75. The highest BCUT2D eigenvalue weighted by Crippen LogP contribution is 2.22. The minimum absolute atomic E-state index is 0.0667. The van der Waals surface area contributed by atoms with Gasteiger partial charge in [-0.3, -0.25) is 4.79 Å². The first-order valence-corrected chi connectivity index (χ1v) is 8.07. The van der Waals surface area contributed by atoms with E-state index in [9.17, 15) is 4.79 Å². The van der Waals surface area contributed by atoms with Gasteiger partial charge in [0.25, 0.3) is 5.91 Å². The van der Waals surface area contributed by atoms with Gasteiger partial charge in [-0.1, -0.05) is 0 Å². The van der Waals surface area contributed by atoms with Gasteiger partial charge in [-0.2, -0.15) is 0 Å². The van der Waals surface area contributed by atoms with Gasteiger partial charge in [0.1, 0.15) is 5.69 Å². The van der Waals surface area contributed by atoms with Crippen molar-refractivity contribution in [3.05, 3.63) is 41.7 Å². The maximum absolute atomic E-state index is 12.6. The van der Waals surface area contributed by atoms with E-state index in [2.05, 4.69) is 19.9 Å². The van der Waals surface area contributed by atoms with E-state index in [1.165, 1.54) is 0 Å². The zero-order valence-corrected chi connectivity index (χ0v) is 12.7. The fraction of sp³-hybridized carbons (Fsp3) is 0.267. The van der Waals surface area contributed by atoms with Crippen molar-refractivity contribution in [2.24, 2.45) is 0 Å². The normalized spacial score (nSPS) is 15.5. The number of amides is 1. The van der Waals surface area contributed by atoms with Crippen LogP contribution < -0.4 is 4.90 Å². The summed E-state index contributed by atoms with van der Waals surface area (Å²) in [5.74, 6) is 0.798. The number of nitrogens with zero attached hydrogens (tertiary/aromatic N) is 4.